The third kappa shape index (κ3) is 5.33. The number of carboxylic acids is 1. The lowest BCUT2D eigenvalue weighted by Crippen LogP contribution is -2.30. The summed E-state index contributed by atoms with van der Waals surface area (Å²) in [4.78, 5) is 22.0. The molecule has 0 saturated heterocycles. The van der Waals surface area contributed by atoms with Gasteiger partial charge in [0, 0.05) is 18.3 Å². The maximum absolute atomic E-state index is 11.6. The van der Waals surface area contributed by atoms with Crippen LogP contribution in [0.5, 0.6) is 5.75 Å². The number of amides is 2. The van der Waals surface area contributed by atoms with Crippen LogP contribution in [0.3, 0.4) is 0 Å². The Morgan fingerprint density at radius 3 is 2.76 bits per heavy atom. The van der Waals surface area contributed by atoms with E-state index in [1.54, 1.807) is 12.1 Å². The standard InChI is InChI=1S/C15H20N2O4/c18-14(19)8-9-16-15(20)17-11-4-3-7-13(10-11)21-12-5-1-2-6-12/h3-4,7,10,12H,1-2,5-6,8-9H2,(H,18,19)(H2,16,17,20). The van der Waals surface area contributed by atoms with Gasteiger partial charge in [0.1, 0.15) is 5.75 Å². The van der Waals surface area contributed by atoms with Crippen LogP contribution in [0.4, 0.5) is 10.5 Å². The van der Waals surface area contributed by atoms with E-state index < -0.39 is 12.0 Å². The van der Waals surface area contributed by atoms with Crippen LogP contribution in [0.1, 0.15) is 32.1 Å². The van der Waals surface area contributed by atoms with Crippen molar-refractivity contribution in [1.29, 1.82) is 0 Å². The number of hydrogen-bond donors (Lipinski definition) is 3. The summed E-state index contributed by atoms with van der Waals surface area (Å²) in [6, 6.07) is 6.80. The summed E-state index contributed by atoms with van der Waals surface area (Å²) in [5, 5.41) is 13.6. The molecule has 1 saturated carbocycles. The molecule has 1 aliphatic rings. The Morgan fingerprint density at radius 2 is 2.05 bits per heavy atom. The molecular weight excluding hydrogens is 272 g/mol. The summed E-state index contributed by atoms with van der Waals surface area (Å²) in [6.45, 7) is 0.0967. The lowest BCUT2D eigenvalue weighted by atomic mass is 10.2. The first kappa shape index (κ1) is 15.2. The summed E-state index contributed by atoms with van der Waals surface area (Å²) < 4.78 is 5.86. The molecule has 6 heteroatoms. The zero-order valence-electron chi connectivity index (χ0n) is 11.8. The number of ether oxygens (including phenoxy) is 1. The largest absolute Gasteiger partial charge is 0.490 e. The van der Waals surface area contributed by atoms with Crippen molar-refractivity contribution >= 4 is 17.7 Å². The van der Waals surface area contributed by atoms with Gasteiger partial charge in [-0.15, -0.1) is 0 Å². The van der Waals surface area contributed by atoms with Crippen LogP contribution >= 0.6 is 0 Å². The van der Waals surface area contributed by atoms with Crippen LogP contribution < -0.4 is 15.4 Å². The molecule has 0 bridgehead atoms. The molecular formula is C15H20N2O4. The van der Waals surface area contributed by atoms with E-state index in [9.17, 15) is 9.59 Å². The quantitative estimate of drug-likeness (QED) is 0.752. The van der Waals surface area contributed by atoms with Gasteiger partial charge in [0.05, 0.1) is 12.5 Å². The van der Waals surface area contributed by atoms with E-state index in [-0.39, 0.29) is 19.1 Å². The SMILES string of the molecule is O=C(O)CCNC(=O)Nc1cccc(OC2CCCC2)c1. The molecule has 0 atom stereocenters. The van der Waals surface area contributed by atoms with E-state index in [0.29, 0.717) is 5.69 Å². The van der Waals surface area contributed by atoms with E-state index in [2.05, 4.69) is 10.6 Å². The van der Waals surface area contributed by atoms with E-state index in [1.165, 1.54) is 12.8 Å². The number of rotatable bonds is 6. The molecule has 0 radical (unpaired) electrons. The molecule has 0 heterocycles. The highest BCUT2D eigenvalue weighted by molar-refractivity contribution is 5.89. The Balaban J connectivity index is 1.82. The lowest BCUT2D eigenvalue weighted by Gasteiger charge is -2.14. The average molecular weight is 292 g/mol. The number of urea groups is 1. The number of nitrogens with one attached hydrogen (secondary N) is 2. The van der Waals surface area contributed by atoms with Crippen molar-refractivity contribution in [3.05, 3.63) is 24.3 Å². The first-order valence-corrected chi connectivity index (χ1v) is 7.17. The number of carbonyl (C=O) groups excluding carboxylic acids is 1. The third-order valence-electron chi connectivity index (χ3n) is 3.32. The molecule has 0 aliphatic heterocycles. The first-order valence-electron chi connectivity index (χ1n) is 7.17. The molecule has 114 valence electrons. The Hall–Kier alpha value is -2.24. The van der Waals surface area contributed by atoms with E-state index in [0.717, 1.165) is 18.6 Å². The van der Waals surface area contributed by atoms with Gasteiger partial charge in [-0.2, -0.15) is 0 Å². The van der Waals surface area contributed by atoms with Gasteiger partial charge in [-0.3, -0.25) is 4.79 Å². The zero-order chi connectivity index (χ0) is 15.1. The fourth-order valence-corrected chi connectivity index (χ4v) is 2.30. The van der Waals surface area contributed by atoms with Gasteiger partial charge >= 0.3 is 12.0 Å². The van der Waals surface area contributed by atoms with Crippen LogP contribution in [0.15, 0.2) is 24.3 Å². The van der Waals surface area contributed by atoms with Gasteiger partial charge in [-0.1, -0.05) is 6.07 Å². The number of carboxylic acid groups (broad SMARTS) is 1. The van der Waals surface area contributed by atoms with Crippen molar-refractivity contribution in [3.63, 3.8) is 0 Å². The second-order valence-electron chi connectivity index (χ2n) is 5.08. The molecule has 1 aromatic carbocycles. The number of anilines is 1. The smallest absolute Gasteiger partial charge is 0.319 e. The van der Waals surface area contributed by atoms with Crippen LogP contribution in [0.25, 0.3) is 0 Å². The van der Waals surface area contributed by atoms with Crippen LogP contribution in [-0.4, -0.2) is 29.8 Å². The molecule has 2 amide bonds. The minimum atomic E-state index is -0.942. The Bertz CT molecular complexity index is 498. The fourth-order valence-electron chi connectivity index (χ4n) is 2.30. The summed E-state index contributed by atoms with van der Waals surface area (Å²) in [7, 11) is 0. The van der Waals surface area contributed by atoms with E-state index in [4.69, 9.17) is 9.84 Å². The summed E-state index contributed by atoms with van der Waals surface area (Å²) >= 11 is 0. The Morgan fingerprint density at radius 1 is 1.29 bits per heavy atom. The number of benzene rings is 1. The first-order chi connectivity index (χ1) is 10.1. The maximum Gasteiger partial charge on any atom is 0.319 e. The zero-order valence-corrected chi connectivity index (χ0v) is 11.8. The van der Waals surface area contributed by atoms with Crippen molar-refractivity contribution in [2.24, 2.45) is 0 Å². The molecule has 1 aliphatic carbocycles. The average Bonchev–Trinajstić information content (AvgIpc) is 2.91. The molecule has 6 nitrogen and oxygen atoms in total. The van der Waals surface area contributed by atoms with Crippen LogP contribution in [0.2, 0.25) is 0 Å². The monoisotopic (exact) mass is 292 g/mol. The second-order valence-corrected chi connectivity index (χ2v) is 5.08. The fraction of sp³-hybridized carbons (Fsp3) is 0.467. The van der Waals surface area contributed by atoms with Gasteiger partial charge in [0.2, 0.25) is 0 Å². The molecule has 0 spiro atoms. The summed E-state index contributed by atoms with van der Waals surface area (Å²) in [5.74, 6) is -0.201. The molecule has 1 aromatic rings. The van der Waals surface area contributed by atoms with Crippen molar-refractivity contribution < 1.29 is 19.4 Å². The predicted octanol–water partition coefficient (Wildman–Crippen LogP) is 2.60. The van der Waals surface area contributed by atoms with Crippen LogP contribution in [0, 0.1) is 0 Å². The van der Waals surface area contributed by atoms with Crippen molar-refractivity contribution in [1.82, 2.24) is 5.32 Å². The predicted molar refractivity (Wildman–Crippen MR) is 78.6 cm³/mol. The topological polar surface area (TPSA) is 87.7 Å². The number of hydrogen-bond acceptors (Lipinski definition) is 3. The molecule has 21 heavy (non-hydrogen) atoms. The molecule has 2 rings (SSSR count). The molecule has 0 unspecified atom stereocenters. The highest BCUT2D eigenvalue weighted by Crippen LogP contribution is 2.25. The van der Waals surface area contributed by atoms with Gasteiger partial charge in [-0.25, -0.2) is 4.79 Å². The van der Waals surface area contributed by atoms with Crippen molar-refractivity contribution in [3.8, 4) is 5.75 Å². The summed E-state index contributed by atoms with van der Waals surface area (Å²) in [6.07, 6.45) is 4.73. The van der Waals surface area contributed by atoms with E-state index >= 15 is 0 Å². The number of aliphatic carboxylic acids is 1. The second kappa shape index (κ2) is 7.52. The van der Waals surface area contributed by atoms with E-state index in [1.807, 2.05) is 12.1 Å². The van der Waals surface area contributed by atoms with Gasteiger partial charge in [0.15, 0.2) is 0 Å². The Labute approximate surface area is 123 Å². The molecule has 1 fully saturated rings. The van der Waals surface area contributed by atoms with Crippen molar-refractivity contribution in [2.45, 2.75) is 38.2 Å². The minimum Gasteiger partial charge on any atom is -0.490 e. The summed E-state index contributed by atoms with van der Waals surface area (Å²) in [5.41, 5.74) is 0.623. The van der Waals surface area contributed by atoms with Gasteiger partial charge < -0.3 is 20.5 Å². The van der Waals surface area contributed by atoms with Crippen LogP contribution in [-0.2, 0) is 4.79 Å². The molecule has 3 N–H and O–H groups in total. The minimum absolute atomic E-state index is 0.0967. The maximum atomic E-state index is 11.6. The third-order valence-corrected chi connectivity index (χ3v) is 3.32. The van der Waals surface area contributed by atoms with Crippen molar-refractivity contribution in [2.75, 3.05) is 11.9 Å². The molecule has 0 aromatic heterocycles. The number of carbonyl (C=O) groups is 2. The normalized spacial score (nSPS) is 14.7. The highest BCUT2D eigenvalue weighted by Gasteiger charge is 2.16. The van der Waals surface area contributed by atoms with Gasteiger partial charge in [0.25, 0.3) is 0 Å². The van der Waals surface area contributed by atoms with Gasteiger partial charge in [-0.05, 0) is 37.8 Å². The Kier molecular flexibility index (Phi) is 5.43. The highest BCUT2D eigenvalue weighted by atomic mass is 16.5. The lowest BCUT2D eigenvalue weighted by molar-refractivity contribution is -0.136.